The second-order valence-electron chi connectivity index (χ2n) is 10.4. The number of anilines is 2. The number of nitrogens with zero attached hydrogens (tertiary/aromatic N) is 3. The lowest BCUT2D eigenvalue weighted by Crippen LogP contribution is -2.37. The van der Waals surface area contributed by atoms with E-state index >= 15 is 0 Å². The molecule has 5 aromatic rings. The van der Waals surface area contributed by atoms with Gasteiger partial charge < -0.3 is 30.6 Å². The van der Waals surface area contributed by atoms with E-state index in [9.17, 15) is 9.59 Å². The van der Waals surface area contributed by atoms with Crippen LogP contribution in [0, 0.1) is 0 Å². The average molecular weight is 583 g/mol. The summed E-state index contributed by atoms with van der Waals surface area (Å²) in [5.41, 5.74) is 11.0. The van der Waals surface area contributed by atoms with Gasteiger partial charge in [-0.2, -0.15) is 0 Å². The van der Waals surface area contributed by atoms with Crippen LogP contribution in [0.4, 0.5) is 11.5 Å². The summed E-state index contributed by atoms with van der Waals surface area (Å²) in [5.74, 6) is 0.516. The van der Waals surface area contributed by atoms with E-state index in [1.165, 1.54) is 17.4 Å². The molecular weight excluding hydrogens is 548 g/mol. The van der Waals surface area contributed by atoms with Crippen LogP contribution in [0.5, 0.6) is 5.75 Å². The van der Waals surface area contributed by atoms with Crippen LogP contribution in [0.15, 0.2) is 66.2 Å². The van der Waals surface area contributed by atoms with E-state index in [0.717, 1.165) is 37.7 Å². The molecule has 0 aliphatic carbocycles. The minimum absolute atomic E-state index is 0.170. The summed E-state index contributed by atoms with van der Waals surface area (Å²) in [4.78, 5) is 32.1. The van der Waals surface area contributed by atoms with Crippen molar-refractivity contribution >= 4 is 61.7 Å². The van der Waals surface area contributed by atoms with Gasteiger partial charge in [0.05, 0.1) is 12.8 Å². The zero-order valence-electron chi connectivity index (χ0n) is 24.3. The molecule has 216 valence electrons. The number of hydrogen-bond acceptors (Lipinski definition) is 7. The van der Waals surface area contributed by atoms with Gasteiger partial charge in [-0.3, -0.25) is 9.59 Å². The number of amides is 2. The molecule has 0 aliphatic rings. The highest BCUT2D eigenvalue weighted by molar-refractivity contribution is 7.18. The van der Waals surface area contributed by atoms with Crippen molar-refractivity contribution in [3.8, 4) is 16.9 Å². The summed E-state index contributed by atoms with van der Waals surface area (Å²) < 4.78 is 8.47. The highest BCUT2D eigenvalue weighted by Crippen LogP contribution is 2.41. The van der Waals surface area contributed by atoms with Crippen LogP contribution >= 0.6 is 11.3 Å². The maximum absolute atomic E-state index is 13.2. The Labute approximate surface area is 248 Å². The number of aryl methyl sites for hydroxylation is 1. The zero-order valence-corrected chi connectivity index (χ0v) is 25.1. The fraction of sp³-hybridized carbons (Fsp3) is 0.219. The van der Waals surface area contributed by atoms with Crippen LogP contribution in [0.3, 0.4) is 0 Å². The Morgan fingerprint density at radius 1 is 1.19 bits per heavy atom. The molecule has 1 atom stereocenters. The van der Waals surface area contributed by atoms with Gasteiger partial charge in [0.2, 0.25) is 5.91 Å². The first kappa shape index (κ1) is 28.8. The van der Waals surface area contributed by atoms with E-state index in [1.54, 1.807) is 19.4 Å². The number of aromatic nitrogens is 2. The fourth-order valence-electron chi connectivity index (χ4n) is 4.73. The first-order valence-electron chi connectivity index (χ1n) is 13.5. The van der Waals surface area contributed by atoms with Crippen molar-refractivity contribution in [3.63, 3.8) is 0 Å². The number of nitrogens with one attached hydrogen (secondary N) is 2. The molecule has 10 heteroatoms. The van der Waals surface area contributed by atoms with E-state index in [1.807, 2.05) is 91.4 Å². The number of hydrogen-bond donors (Lipinski definition) is 3. The highest BCUT2D eigenvalue weighted by Gasteiger charge is 2.18. The molecule has 9 nitrogen and oxygen atoms in total. The lowest BCUT2D eigenvalue weighted by molar-refractivity contribution is -0.116. The van der Waals surface area contributed by atoms with Crippen molar-refractivity contribution in [1.29, 1.82) is 0 Å². The second-order valence-corrected chi connectivity index (χ2v) is 11.2. The lowest BCUT2D eigenvalue weighted by atomic mass is 10.0. The zero-order chi connectivity index (χ0) is 30.0. The van der Waals surface area contributed by atoms with Gasteiger partial charge in [0.1, 0.15) is 17.3 Å². The molecule has 2 amide bonds. The maximum atomic E-state index is 13.2. The molecule has 2 aromatic carbocycles. The summed E-state index contributed by atoms with van der Waals surface area (Å²) in [6.45, 7) is 2.60. The van der Waals surface area contributed by atoms with Crippen molar-refractivity contribution in [2.24, 2.45) is 7.05 Å². The molecular formula is C32H34N6O3S. The van der Waals surface area contributed by atoms with Crippen molar-refractivity contribution < 1.29 is 14.3 Å². The average Bonchev–Trinajstić information content (AvgIpc) is 3.58. The van der Waals surface area contributed by atoms with Crippen LogP contribution in [0.2, 0.25) is 0 Å². The van der Waals surface area contributed by atoms with Crippen LogP contribution in [-0.2, 0) is 11.8 Å². The predicted molar refractivity (Wildman–Crippen MR) is 172 cm³/mol. The highest BCUT2D eigenvalue weighted by atomic mass is 32.1. The number of benzene rings is 2. The molecule has 0 unspecified atom stereocenters. The van der Waals surface area contributed by atoms with E-state index < -0.39 is 0 Å². The number of carbonyl (C=O) groups excluding carboxylic acids is 2. The first-order valence-corrected chi connectivity index (χ1v) is 14.4. The lowest BCUT2D eigenvalue weighted by Gasteiger charge is -2.19. The van der Waals surface area contributed by atoms with Crippen LogP contribution in [0.25, 0.3) is 38.2 Å². The third-order valence-corrected chi connectivity index (χ3v) is 8.49. The number of ether oxygens (including phenoxy) is 1. The Morgan fingerprint density at radius 3 is 2.71 bits per heavy atom. The summed E-state index contributed by atoms with van der Waals surface area (Å²) >= 11 is 1.53. The normalized spacial score (nSPS) is 12.3. The van der Waals surface area contributed by atoms with Gasteiger partial charge in [-0.25, -0.2) is 4.98 Å². The van der Waals surface area contributed by atoms with Crippen LogP contribution in [0.1, 0.15) is 23.0 Å². The number of para-hydroxylation sites is 1. The quantitative estimate of drug-likeness (QED) is 0.201. The second kappa shape index (κ2) is 12.1. The number of carbonyl (C=O) groups is 2. The summed E-state index contributed by atoms with van der Waals surface area (Å²) in [7, 11) is 7.40. The molecule has 42 heavy (non-hydrogen) atoms. The van der Waals surface area contributed by atoms with E-state index in [-0.39, 0.29) is 17.9 Å². The monoisotopic (exact) mass is 582 g/mol. The molecule has 0 bridgehead atoms. The summed E-state index contributed by atoms with van der Waals surface area (Å²) in [6, 6.07) is 15.6. The minimum atomic E-state index is -0.231. The van der Waals surface area contributed by atoms with Gasteiger partial charge in [-0.05, 0) is 62.3 Å². The number of fused-ring (bicyclic) bond motifs is 2. The van der Waals surface area contributed by atoms with Crippen molar-refractivity contribution in [2.75, 3.05) is 38.8 Å². The molecule has 0 spiro atoms. The van der Waals surface area contributed by atoms with Gasteiger partial charge in [-0.1, -0.05) is 24.3 Å². The molecule has 0 saturated carbocycles. The van der Waals surface area contributed by atoms with E-state index in [4.69, 9.17) is 10.5 Å². The van der Waals surface area contributed by atoms with Gasteiger partial charge >= 0.3 is 0 Å². The third-order valence-electron chi connectivity index (χ3n) is 7.46. The summed E-state index contributed by atoms with van der Waals surface area (Å²) in [5, 5.41) is 9.73. The topological polar surface area (TPSA) is 115 Å². The molecule has 3 heterocycles. The van der Waals surface area contributed by atoms with Gasteiger partial charge in [0.15, 0.2) is 0 Å². The molecule has 4 N–H and O–H groups in total. The molecule has 0 saturated heterocycles. The van der Waals surface area contributed by atoms with Crippen molar-refractivity contribution in [1.82, 2.24) is 19.8 Å². The van der Waals surface area contributed by atoms with Crippen molar-refractivity contribution in [2.45, 2.75) is 13.0 Å². The standard InChI is InChI=1S/C32H34N6O3S/c1-19(37(2)3)16-34-28(39)13-11-22-17-35-31(33)29-23(18-42-30(22)29)20-10-12-24(27(15-20)41-5)36-32(40)26-14-21-8-6-7-9-25(21)38(26)4/h6-15,17-19H,16H2,1-5H3,(H2,33,35)(H,34,39)(H,36,40)/b13-11+/t19-/m0/s1. The largest absolute Gasteiger partial charge is 0.495 e. The molecule has 5 rings (SSSR count). The number of thiophene rings is 1. The van der Waals surface area contributed by atoms with Gasteiger partial charge in [0, 0.05) is 64.0 Å². The number of pyridine rings is 1. The number of rotatable bonds is 9. The molecule has 0 fully saturated rings. The minimum Gasteiger partial charge on any atom is -0.495 e. The van der Waals surface area contributed by atoms with Crippen LogP contribution < -0.4 is 21.1 Å². The molecule has 0 radical (unpaired) electrons. The number of methoxy groups -OCH3 is 1. The summed E-state index contributed by atoms with van der Waals surface area (Å²) in [6.07, 6.45) is 4.96. The number of likely N-dealkylation sites (N-methyl/N-ethyl adjacent to an activating group) is 1. The third kappa shape index (κ3) is 5.72. The Hall–Kier alpha value is -4.67. The Balaban J connectivity index is 1.40. The number of nitrogens with two attached hydrogens (primary N) is 1. The van der Waals surface area contributed by atoms with Gasteiger partial charge in [0.25, 0.3) is 5.91 Å². The SMILES string of the molecule is COc1cc(-c2csc3c(/C=C/C(=O)NC[C@H](C)N(C)C)cnc(N)c23)ccc1NC(=O)c1cc2ccccc2n1C. The fourth-order valence-corrected chi connectivity index (χ4v) is 5.81. The number of nitrogen functional groups attached to an aromatic ring is 1. The predicted octanol–water partition coefficient (Wildman–Crippen LogP) is 5.38. The van der Waals surface area contributed by atoms with E-state index in [0.29, 0.717) is 29.5 Å². The Bertz CT molecular complexity index is 1820. The molecule has 0 aliphatic heterocycles. The van der Waals surface area contributed by atoms with E-state index in [2.05, 4.69) is 15.6 Å². The maximum Gasteiger partial charge on any atom is 0.272 e. The molecule has 3 aromatic heterocycles. The first-order chi connectivity index (χ1) is 20.2. The Morgan fingerprint density at radius 2 is 1.98 bits per heavy atom. The van der Waals surface area contributed by atoms with Crippen LogP contribution in [-0.4, -0.2) is 60.1 Å². The van der Waals surface area contributed by atoms with Gasteiger partial charge in [-0.15, -0.1) is 11.3 Å². The Kier molecular flexibility index (Phi) is 8.28. The smallest absolute Gasteiger partial charge is 0.272 e. The van der Waals surface area contributed by atoms with Crippen molar-refractivity contribution in [3.05, 3.63) is 77.4 Å².